The standard InChI is InChI=1S/C22H22F3N8P/c1-28-34(22(24)25)18-7-5-15(10-16(18)23)31-19-11-30-20(26)21(32-19)33(27)12-13-4-6-17-14(9-13)3-2-8-29-17/h2-11,22,28H,12,27H2,1H3,(H2,26,30)(H,31,32). The van der Waals surface area contributed by atoms with Crippen LogP contribution in [0.2, 0.25) is 0 Å². The van der Waals surface area contributed by atoms with E-state index in [0.717, 1.165) is 22.5 Å². The predicted molar refractivity (Wildman–Crippen MR) is 130 cm³/mol. The Hall–Kier alpha value is -3.53. The average Bonchev–Trinajstić information content (AvgIpc) is 2.82. The molecule has 4 aromatic rings. The van der Waals surface area contributed by atoms with Gasteiger partial charge in [-0.3, -0.25) is 15.1 Å². The number of anilines is 4. The highest BCUT2D eigenvalue weighted by atomic mass is 31.1. The van der Waals surface area contributed by atoms with Gasteiger partial charge >= 0.3 is 0 Å². The van der Waals surface area contributed by atoms with Gasteiger partial charge in [0.15, 0.2) is 17.5 Å². The van der Waals surface area contributed by atoms with E-state index in [1.807, 2.05) is 30.3 Å². The van der Waals surface area contributed by atoms with E-state index in [1.54, 1.807) is 6.20 Å². The molecule has 0 radical (unpaired) electrons. The number of hydrogen-bond acceptors (Lipinski definition) is 8. The third kappa shape index (κ3) is 5.17. The molecule has 2 aromatic heterocycles. The largest absolute Gasteiger partial charge is 0.381 e. The van der Waals surface area contributed by atoms with Crippen LogP contribution in [0.15, 0.2) is 60.9 Å². The summed E-state index contributed by atoms with van der Waals surface area (Å²) in [6.07, 6.45) is 0.414. The molecule has 0 spiro atoms. The monoisotopic (exact) mass is 486 g/mol. The van der Waals surface area contributed by atoms with Crippen LogP contribution in [0.25, 0.3) is 10.9 Å². The summed E-state index contributed by atoms with van der Waals surface area (Å²) in [5.74, 6) is 6.09. The molecule has 1 atom stereocenters. The lowest BCUT2D eigenvalue weighted by molar-refractivity contribution is 0.244. The van der Waals surface area contributed by atoms with Gasteiger partial charge in [0.2, 0.25) is 0 Å². The molecule has 6 N–H and O–H groups in total. The number of pyridine rings is 1. The fourth-order valence-corrected chi connectivity index (χ4v) is 4.58. The highest BCUT2D eigenvalue weighted by molar-refractivity contribution is 7.64. The lowest BCUT2D eigenvalue weighted by Gasteiger charge is -2.20. The van der Waals surface area contributed by atoms with Gasteiger partial charge in [-0.15, -0.1) is 0 Å². The minimum absolute atomic E-state index is 0.0687. The highest BCUT2D eigenvalue weighted by Crippen LogP contribution is 2.38. The maximum Gasteiger partial charge on any atom is 0.272 e. The Balaban J connectivity index is 1.53. The van der Waals surface area contributed by atoms with Gasteiger partial charge in [0.25, 0.3) is 6.17 Å². The Morgan fingerprint density at radius 2 is 1.94 bits per heavy atom. The minimum Gasteiger partial charge on any atom is -0.381 e. The number of fused-ring (bicyclic) bond motifs is 1. The number of hydrogen-bond donors (Lipinski definition) is 4. The summed E-state index contributed by atoms with van der Waals surface area (Å²) < 4.78 is 40.8. The second kappa shape index (κ2) is 10.2. The summed E-state index contributed by atoms with van der Waals surface area (Å²) in [5.41, 5.74) is 8.08. The topological polar surface area (TPSA) is 118 Å². The van der Waals surface area contributed by atoms with E-state index in [4.69, 9.17) is 11.6 Å². The molecule has 0 amide bonds. The first-order valence-electron chi connectivity index (χ1n) is 10.2. The van der Waals surface area contributed by atoms with E-state index in [-0.39, 0.29) is 22.8 Å². The molecule has 0 saturated carbocycles. The number of rotatable bonds is 8. The fraction of sp³-hybridized carbons (Fsp3) is 0.136. The zero-order valence-electron chi connectivity index (χ0n) is 18.1. The molecule has 2 aromatic carbocycles. The molecule has 4 rings (SSSR count). The predicted octanol–water partition coefficient (Wildman–Crippen LogP) is 3.83. The Bertz CT molecular complexity index is 1310. The lowest BCUT2D eigenvalue weighted by Crippen LogP contribution is -2.32. The van der Waals surface area contributed by atoms with Crippen molar-refractivity contribution in [2.24, 2.45) is 5.84 Å². The van der Waals surface area contributed by atoms with E-state index in [0.29, 0.717) is 12.2 Å². The summed E-state index contributed by atoms with van der Waals surface area (Å²) in [4.78, 5) is 12.8. The Morgan fingerprint density at radius 3 is 2.68 bits per heavy atom. The molecule has 0 fully saturated rings. The van der Waals surface area contributed by atoms with E-state index in [9.17, 15) is 13.2 Å². The number of halogens is 3. The molecule has 2 heterocycles. The van der Waals surface area contributed by atoms with Crippen molar-refractivity contribution < 1.29 is 13.2 Å². The van der Waals surface area contributed by atoms with Crippen LogP contribution < -0.4 is 32.3 Å². The van der Waals surface area contributed by atoms with Crippen molar-refractivity contribution in [1.82, 2.24) is 20.0 Å². The second-order valence-corrected chi connectivity index (χ2v) is 9.34. The normalized spacial score (nSPS) is 12.2. The number of nitrogen functional groups attached to an aromatic ring is 1. The number of benzene rings is 2. The lowest BCUT2D eigenvalue weighted by atomic mass is 10.1. The van der Waals surface area contributed by atoms with Crippen LogP contribution in [0, 0.1) is 5.82 Å². The maximum atomic E-state index is 14.5. The zero-order valence-corrected chi connectivity index (χ0v) is 19.0. The van der Waals surface area contributed by atoms with Gasteiger partial charge in [0.05, 0.1) is 26.3 Å². The summed E-state index contributed by atoms with van der Waals surface area (Å²) in [6.45, 7) is 0.303. The molecule has 0 saturated heterocycles. The van der Waals surface area contributed by atoms with Gasteiger partial charge in [-0.25, -0.2) is 29.0 Å². The summed E-state index contributed by atoms with van der Waals surface area (Å²) in [6, 6.07) is 13.5. The van der Waals surface area contributed by atoms with E-state index in [2.05, 4.69) is 25.4 Å². The Morgan fingerprint density at radius 1 is 1.12 bits per heavy atom. The maximum absolute atomic E-state index is 14.5. The van der Waals surface area contributed by atoms with Crippen molar-refractivity contribution >= 4 is 47.4 Å². The van der Waals surface area contributed by atoms with Gasteiger partial charge in [0.1, 0.15) is 5.82 Å². The SMILES string of the molecule is CNP(c1ccc(Nc2cnc(N)c(N(N)Cc3ccc4ncccc4c3)n2)cc1F)C(F)F. The van der Waals surface area contributed by atoms with E-state index >= 15 is 0 Å². The van der Waals surface area contributed by atoms with Crippen molar-refractivity contribution in [1.29, 1.82) is 0 Å². The molecule has 0 aliphatic rings. The number of alkyl halides is 2. The Kier molecular flexibility index (Phi) is 7.06. The Labute approximate surface area is 195 Å². The molecular weight excluding hydrogens is 464 g/mol. The van der Waals surface area contributed by atoms with Gasteiger partial charge in [0, 0.05) is 22.6 Å². The molecule has 34 heavy (non-hydrogen) atoms. The fourth-order valence-electron chi connectivity index (χ4n) is 3.41. The molecule has 0 aliphatic carbocycles. The number of nitrogens with zero attached hydrogens (tertiary/aromatic N) is 4. The molecule has 12 heteroatoms. The second-order valence-electron chi connectivity index (χ2n) is 7.28. The quantitative estimate of drug-likeness (QED) is 0.169. The van der Waals surface area contributed by atoms with Crippen molar-refractivity contribution in [2.75, 3.05) is 23.1 Å². The van der Waals surface area contributed by atoms with Crippen LogP contribution in [0.3, 0.4) is 0 Å². The van der Waals surface area contributed by atoms with Gasteiger partial charge in [-0.05, 0) is 49.0 Å². The first kappa shape index (κ1) is 23.6. The smallest absolute Gasteiger partial charge is 0.272 e. The third-order valence-electron chi connectivity index (χ3n) is 4.99. The van der Waals surface area contributed by atoms with Crippen LogP contribution in [0.1, 0.15) is 5.56 Å². The highest BCUT2D eigenvalue weighted by Gasteiger charge is 2.23. The number of nitrogens with two attached hydrogens (primary N) is 2. The van der Waals surface area contributed by atoms with Gasteiger partial charge in [-0.1, -0.05) is 12.1 Å². The van der Waals surface area contributed by atoms with Crippen LogP contribution >= 0.6 is 8.07 Å². The number of aromatic nitrogens is 3. The van der Waals surface area contributed by atoms with Crippen molar-refractivity contribution in [2.45, 2.75) is 12.7 Å². The molecule has 8 nitrogen and oxygen atoms in total. The summed E-state index contributed by atoms with van der Waals surface area (Å²) in [5, 5.41) is 7.65. The van der Waals surface area contributed by atoms with Gasteiger partial charge in [-0.2, -0.15) is 0 Å². The third-order valence-corrected chi connectivity index (χ3v) is 6.74. The average molecular weight is 486 g/mol. The van der Waals surface area contributed by atoms with Crippen molar-refractivity contribution in [3.63, 3.8) is 0 Å². The van der Waals surface area contributed by atoms with Gasteiger partial charge < -0.3 is 11.1 Å². The summed E-state index contributed by atoms with van der Waals surface area (Å²) >= 11 is 0. The van der Waals surface area contributed by atoms with E-state index in [1.165, 1.54) is 30.4 Å². The van der Waals surface area contributed by atoms with E-state index < -0.39 is 20.1 Å². The van der Waals surface area contributed by atoms with Crippen LogP contribution in [-0.4, -0.2) is 28.2 Å². The zero-order chi connectivity index (χ0) is 24.2. The van der Waals surface area contributed by atoms with Crippen molar-refractivity contribution in [3.05, 3.63) is 72.3 Å². The van der Waals surface area contributed by atoms with Crippen LogP contribution in [-0.2, 0) is 6.54 Å². The molecule has 0 bridgehead atoms. The van der Waals surface area contributed by atoms with Crippen LogP contribution in [0.4, 0.5) is 36.3 Å². The number of nitrogens with one attached hydrogen (secondary N) is 2. The van der Waals surface area contributed by atoms with Crippen LogP contribution in [0.5, 0.6) is 0 Å². The molecular formula is C22H22F3N8P. The number of hydrazine groups is 1. The first-order chi connectivity index (χ1) is 16.4. The molecule has 176 valence electrons. The minimum atomic E-state index is -2.69. The molecule has 0 aliphatic heterocycles. The summed E-state index contributed by atoms with van der Waals surface area (Å²) in [7, 11) is -0.739. The van der Waals surface area contributed by atoms with Crippen molar-refractivity contribution in [3.8, 4) is 0 Å². The first-order valence-corrected chi connectivity index (χ1v) is 11.6. The molecule has 1 unspecified atom stereocenters.